The van der Waals surface area contributed by atoms with Crippen LogP contribution in [0.1, 0.15) is 166 Å². The molecule has 0 bridgehead atoms. The Kier molecular flexibility index (Phi) is 28.5. The van der Waals surface area contributed by atoms with Crippen LogP contribution in [0.4, 0.5) is 0 Å². The maximum absolute atomic E-state index is 11.7. The number of benzene rings is 4. The summed E-state index contributed by atoms with van der Waals surface area (Å²) < 4.78 is 78.7. The molecule has 0 atom stereocenters. The summed E-state index contributed by atoms with van der Waals surface area (Å²) in [5.74, 6) is 0.161. The number of phenolic OH excluding ortho intramolecular Hbond substituents is 1. The predicted molar refractivity (Wildman–Crippen MR) is 251 cm³/mol. The zero-order valence-corrected chi connectivity index (χ0v) is 41.6. The molecular weight excluding hydrogens is 865 g/mol. The van der Waals surface area contributed by atoms with E-state index in [-0.39, 0.29) is 59.9 Å². The molecule has 0 heterocycles. The minimum absolute atomic E-state index is 0. The van der Waals surface area contributed by atoms with Gasteiger partial charge in [-0.3, -0.25) is 4.55 Å². The van der Waals surface area contributed by atoms with Gasteiger partial charge in [-0.1, -0.05) is 185 Å². The third-order valence-corrected chi connectivity index (χ3v) is 12.6. The molecule has 0 unspecified atom stereocenters. The average molecular weight is 935 g/mol. The number of ether oxygens (including phenoxy) is 2. The number of rotatable bonds is 30. The maximum Gasteiger partial charge on any atom is 2.00 e. The molecule has 0 amide bonds. The van der Waals surface area contributed by atoms with E-state index in [2.05, 4.69) is 13.8 Å². The van der Waals surface area contributed by atoms with Crippen LogP contribution >= 0.6 is 0 Å². The van der Waals surface area contributed by atoms with E-state index < -0.39 is 30.9 Å². The predicted octanol–water partition coefficient (Wildman–Crippen LogP) is 13.2. The van der Waals surface area contributed by atoms with Gasteiger partial charge in [-0.05, 0) is 73.2 Å². The Balaban J connectivity index is 0.000000427. The van der Waals surface area contributed by atoms with Gasteiger partial charge in [-0.15, -0.1) is 5.75 Å². The Labute approximate surface area is 408 Å². The van der Waals surface area contributed by atoms with Crippen molar-refractivity contribution in [3.05, 3.63) is 96.1 Å². The first-order chi connectivity index (χ1) is 29.8. The fourth-order valence-corrected chi connectivity index (χ4v) is 8.56. The topological polar surface area (TPSA) is 173 Å². The fourth-order valence-electron chi connectivity index (χ4n) is 7.38. The second kappa shape index (κ2) is 31.9. The molecule has 0 saturated carbocycles. The second-order valence-electron chi connectivity index (χ2n) is 16.2. The van der Waals surface area contributed by atoms with Crippen molar-refractivity contribution in [2.75, 3.05) is 0 Å². The zero-order chi connectivity index (χ0) is 45.1. The van der Waals surface area contributed by atoms with Gasteiger partial charge in [-0.25, -0.2) is 8.42 Å². The molecule has 0 aliphatic rings. The zero-order valence-electron chi connectivity index (χ0n) is 37.7. The number of phenols is 1. The first-order valence-corrected chi connectivity index (χ1v) is 25.8. The van der Waals surface area contributed by atoms with Crippen molar-refractivity contribution in [1.29, 1.82) is 0 Å². The van der Waals surface area contributed by atoms with Crippen LogP contribution in [0.15, 0.2) is 94.7 Å². The van der Waals surface area contributed by atoms with Gasteiger partial charge in [0.25, 0.3) is 10.1 Å². The van der Waals surface area contributed by atoms with Crippen LogP contribution in [0.2, 0.25) is 0 Å². The minimum atomic E-state index is -4.74. The standard InChI is InChI=1S/2C25H36O5S.Ca/c2*1-2-3-4-5-6-7-8-9-10-11-12-15-21-16-13-14-17-23(21)30-24-20-22(26)18-19-25(24)31(27,28)29;/h2*13-14,16-20,26H,2-12,15H2,1H3,(H,27,28,29);/q;;+2/p-2. The van der Waals surface area contributed by atoms with Crippen LogP contribution in [-0.2, 0) is 33.1 Å². The number of aromatic hydroxyl groups is 1. The molecule has 0 aliphatic heterocycles. The third kappa shape index (κ3) is 23.3. The molecule has 63 heavy (non-hydrogen) atoms. The Morgan fingerprint density at radius 2 is 0.841 bits per heavy atom. The molecule has 344 valence electrons. The Morgan fingerprint density at radius 3 is 1.24 bits per heavy atom. The molecule has 10 nitrogen and oxygen atoms in total. The Hall–Kier alpha value is -2.84. The summed E-state index contributed by atoms with van der Waals surface area (Å²) in [6.07, 6.45) is 29.6. The van der Waals surface area contributed by atoms with Crippen molar-refractivity contribution in [2.45, 2.75) is 178 Å². The summed E-state index contributed by atoms with van der Waals surface area (Å²) in [6, 6.07) is 21.4. The molecule has 0 spiro atoms. The Morgan fingerprint density at radius 1 is 0.476 bits per heavy atom. The van der Waals surface area contributed by atoms with Crippen LogP contribution < -0.4 is 14.6 Å². The molecule has 0 aliphatic carbocycles. The van der Waals surface area contributed by atoms with Crippen LogP contribution in [-0.4, -0.2) is 68.8 Å². The quantitative estimate of drug-likeness (QED) is 0.0291. The molecule has 2 N–H and O–H groups in total. The van der Waals surface area contributed by atoms with Crippen molar-refractivity contribution in [2.24, 2.45) is 0 Å². The first-order valence-electron chi connectivity index (χ1n) is 22.9. The average Bonchev–Trinajstić information content (AvgIpc) is 3.22. The largest absolute Gasteiger partial charge is 2.00 e. The number of unbranched alkanes of at least 4 members (excludes halogenated alkanes) is 20. The summed E-state index contributed by atoms with van der Waals surface area (Å²) in [4.78, 5) is -0.883. The van der Waals surface area contributed by atoms with Gasteiger partial charge in [0.1, 0.15) is 38.0 Å². The van der Waals surface area contributed by atoms with Gasteiger partial charge in [0.05, 0.1) is 4.90 Å². The normalized spacial score (nSPS) is 11.4. The maximum atomic E-state index is 11.7. The summed E-state index contributed by atoms with van der Waals surface area (Å²) in [7, 11) is -9.19. The van der Waals surface area contributed by atoms with Crippen LogP contribution in [0.5, 0.6) is 34.5 Å². The van der Waals surface area contributed by atoms with Crippen molar-refractivity contribution < 1.29 is 45.6 Å². The summed E-state index contributed by atoms with van der Waals surface area (Å²) in [5.41, 5.74) is 1.91. The molecular formula is C50H70CaO10S2. The van der Waals surface area contributed by atoms with Crippen molar-refractivity contribution in [3.8, 4) is 34.5 Å². The number of para-hydroxylation sites is 2. The first kappa shape index (κ1) is 56.3. The molecule has 13 heteroatoms. The van der Waals surface area contributed by atoms with E-state index >= 15 is 0 Å². The fraction of sp³-hybridized carbons (Fsp3) is 0.520. The Bertz CT molecular complexity index is 1940. The van der Waals surface area contributed by atoms with Gasteiger partial charge in [0.15, 0.2) is 5.75 Å². The van der Waals surface area contributed by atoms with Crippen LogP contribution in [0.3, 0.4) is 0 Å². The van der Waals surface area contributed by atoms with Crippen LogP contribution in [0, 0.1) is 0 Å². The minimum Gasteiger partial charge on any atom is -0.872 e. The second-order valence-corrected chi connectivity index (χ2v) is 18.9. The summed E-state index contributed by atoms with van der Waals surface area (Å²) in [5, 5.41) is 21.4. The molecule has 0 saturated heterocycles. The number of aryl methyl sites for hydroxylation is 2. The van der Waals surface area contributed by atoms with Gasteiger partial charge >= 0.3 is 37.7 Å². The molecule has 4 aromatic carbocycles. The van der Waals surface area contributed by atoms with E-state index in [1.165, 1.54) is 128 Å². The number of hydrogen-bond acceptors (Lipinski definition) is 9. The van der Waals surface area contributed by atoms with E-state index in [4.69, 9.17) is 9.47 Å². The van der Waals surface area contributed by atoms with E-state index in [9.17, 15) is 36.2 Å². The van der Waals surface area contributed by atoms with Crippen LogP contribution in [0.25, 0.3) is 0 Å². The van der Waals surface area contributed by atoms with E-state index in [0.29, 0.717) is 11.5 Å². The van der Waals surface area contributed by atoms with Gasteiger partial charge in [-0.2, -0.15) is 8.42 Å². The van der Waals surface area contributed by atoms with E-state index in [1.807, 2.05) is 30.3 Å². The smallest absolute Gasteiger partial charge is 0.872 e. The van der Waals surface area contributed by atoms with E-state index in [1.54, 1.807) is 18.2 Å². The summed E-state index contributed by atoms with van der Waals surface area (Å²) >= 11 is 0. The van der Waals surface area contributed by atoms with Crippen molar-refractivity contribution in [1.82, 2.24) is 0 Å². The number of hydrogen-bond donors (Lipinski definition) is 2. The van der Waals surface area contributed by atoms with E-state index in [0.717, 1.165) is 73.9 Å². The SMILES string of the molecule is CCCCCCCCCCCCCc1ccccc1Oc1cc(O)ccc1S(=O)(=O)O.CCCCCCCCCCCCCc1ccccc1Oc1cc([O-])ccc1S(=O)(=O)[O-].[Ca+2]. The van der Waals surface area contributed by atoms with Crippen molar-refractivity contribution in [3.63, 3.8) is 0 Å². The van der Waals surface area contributed by atoms with Crippen molar-refractivity contribution >= 4 is 58.0 Å². The van der Waals surface area contributed by atoms with Gasteiger partial charge < -0.3 is 24.2 Å². The third-order valence-electron chi connectivity index (χ3n) is 10.9. The molecule has 0 aromatic heterocycles. The molecule has 4 rings (SSSR count). The molecule has 4 aromatic rings. The summed E-state index contributed by atoms with van der Waals surface area (Å²) in [6.45, 7) is 4.48. The monoisotopic (exact) mass is 934 g/mol. The molecule has 0 radical (unpaired) electrons. The van der Waals surface area contributed by atoms with Gasteiger partial charge in [0, 0.05) is 6.07 Å². The molecule has 0 fully saturated rings. The van der Waals surface area contributed by atoms with Gasteiger partial charge in [0.2, 0.25) is 0 Å².